The molecular weight excluding hydrogens is 578 g/mol. The highest BCUT2D eigenvalue weighted by atomic mass is 79.9. The molecule has 0 aliphatic carbocycles. The molecule has 4 rings (SSSR count). The van der Waals surface area contributed by atoms with Crippen molar-refractivity contribution >= 4 is 66.3 Å². The minimum absolute atomic E-state index is 0.0496. The number of hydrogen-bond donors (Lipinski definition) is 1. The lowest BCUT2D eigenvalue weighted by Crippen LogP contribution is -2.30. The Kier molecular flexibility index (Phi) is 7.77. The average Bonchev–Trinajstić information content (AvgIpc) is 3.49. The zero-order valence-corrected chi connectivity index (χ0v) is 22.7. The van der Waals surface area contributed by atoms with Crippen LogP contribution in [0.4, 0.5) is 5.82 Å². The number of fused-ring (bicyclic) bond motifs is 1. The fourth-order valence-corrected chi connectivity index (χ4v) is 6.51. The second-order valence-corrected chi connectivity index (χ2v) is 11.6. The molecule has 9 nitrogen and oxygen atoms in total. The summed E-state index contributed by atoms with van der Waals surface area (Å²) in [5.74, 6) is 0.0157. The molecule has 0 aliphatic rings. The second-order valence-electron chi connectivity index (χ2n) is 7.45. The zero-order chi connectivity index (χ0) is 25.2. The largest absolute Gasteiger partial charge is 0.465 e. The van der Waals surface area contributed by atoms with Gasteiger partial charge in [0.25, 0.3) is 0 Å². The van der Waals surface area contributed by atoms with E-state index >= 15 is 0 Å². The smallest absolute Gasteiger partial charge is 0.349 e. The van der Waals surface area contributed by atoms with Crippen LogP contribution in [0, 0.1) is 0 Å². The molecule has 0 bridgehead atoms. The van der Waals surface area contributed by atoms with E-state index < -0.39 is 16.0 Å². The number of rotatable bonds is 9. The Labute approximate surface area is 219 Å². The number of methoxy groups -OCH3 is 1. The number of carbonyl (C=O) groups is 1. The lowest BCUT2D eigenvalue weighted by Gasteiger charge is -2.18. The van der Waals surface area contributed by atoms with Gasteiger partial charge in [-0.15, -0.1) is 11.3 Å². The van der Waals surface area contributed by atoms with Crippen molar-refractivity contribution in [2.24, 2.45) is 0 Å². The van der Waals surface area contributed by atoms with Crippen molar-refractivity contribution in [2.45, 2.75) is 11.3 Å². The fraction of sp³-hybridized carbons (Fsp3) is 0.227. The van der Waals surface area contributed by atoms with Gasteiger partial charge in [-0.25, -0.2) is 22.5 Å². The molecule has 0 radical (unpaired) electrons. The molecule has 0 atom stereocenters. The molecule has 3 heterocycles. The van der Waals surface area contributed by atoms with E-state index in [0.29, 0.717) is 35.1 Å². The number of nitrogens with one attached hydrogen (secondary N) is 1. The number of thiophene rings is 1. The van der Waals surface area contributed by atoms with Crippen molar-refractivity contribution in [2.75, 3.05) is 32.6 Å². The standard InChI is InChI=1S/C22H21BrClN5O4S2/c1-28(35(31,32)18-8-11-34-20(18)22(30)33-2)10-5-9-25-19-12-17(14-6-3-4-7-16(14)24)27-21-15(23)13-26-29(19)21/h3-4,6-8,11-13,25H,5,9-10H2,1-2H3. The molecule has 0 fully saturated rings. The molecule has 184 valence electrons. The minimum atomic E-state index is -3.84. The topological polar surface area (TPSA) is 106 Å². The van der Waals surface area contributed by atoms with E-state index in [1.165, 1.54) is 24.5 Å². The summed E-state index contributed by atoms with van der Waals surface area (Å²) in [5.41, 5.74) is 2.09. The Morgan fingerprint density at radius 2 is 2.09 bits per heavy atom. The number of esters is 1. The Bertz CT molecular complexity index is 1490. The summed E-state index contributed by atoms with van der Waals surface area (Å²) in [5, 5.41) is 9.81. The molecule has 35 heavy (non-hydrogen) atoms. The highest BCUT2D eigenvalue weighted by molar-refractivity contribution is 9.10. The summed E-state index contributed by atoms with van der Waals surface area (Å²) in [6, 6.07) is 10.7. The molecule has 0 unspecified atom stereocenters. The highest BCUT2D eigenvalue weighted by Gasteiger charge is 2.28. The Morgan fingerprint density at radius 1 is 1.31 bits per heavy atom. The van der Waals surface area contributed by atoms with E-state index in [1.54, 1.807) is 22.2 Å². The predicted molar refractivity (Wildman–Crippen MR) is 140 cm³/mol. The molecule has 0 aliphatic heterocycles. The van der Waals surface area contributed by atoms with Gasteiger partial charge < -0.3 is 10.1 Å². The average molecular weight is 599 g/mol. The second kappa shape index (κ2) is 10.6. The van der Waals surface area contributed by atoms with Gasteiger partial charge in [-0.1, -0.05) is 29.8 Å². The Balaban J connectivity index is 1.48. The van der Waals surface area contributed by atoms with Crippen molar-refractivity contribution in [1.82, 2.24) is 18.9 Å². The van der Waals surface area contributed by atoms with Crippen LogP contribution < -0.4 is 5.32 Å². The van der Waals surface area contributed by atoms with Gasteiger partial charge in [0.2, 0.25) is 10.0 Å². The molecular formula is C22H21BrClN5O4S2. The normalized spacial score (nSPS) is 11.8. The van der Waals surface area contributed by atoms with Gasteiger partial charge in [-0.2, -0.15) is 9.61 Å². The van der Waals surface area contributed by atoms with Gasteiger partial charge in [0, 0.05) is 36.8 Å². The molecule has 1 N–H and O–H groups in total. The predicted octanol–water partition coefficient (Wildman–Crippen LogP) is 4.78. The van der Waals surface area contributed by atoms with Gasteiger partial charge in [0.1, 0.15) is 15.6 Å². The summed E-state index contributed by atoms with van der Waals surface area (Å²) in [6.45, 7) is 0.700. The van der Waals surface area contributed by atoms with Crippen molar-refractivity contribution in [1.29, 1.82) is 0 Å². The van der Waals surface area contributed by atoms with E-state index in [2.05, 4.69) is 31.3 Å². The number of benzene rings is 1. The lowest BCUT2D eigenvalue weighted by atomic mass is 10.1. The summed E-state index contributed by atoms with van der Waals surface area (Å²) in [7, 11) is -1.13. The Hall–Kier alpha value is -2.51. The third kappa shape index (κ3) is 5.21. The number of hydrogen-bond acceptors (Lipinski definition) is 8. The number of aromatic nitrogens is 3. The number of nitrogens with zero attached hydrogens (tertiary/aromatic N) is 4. The minimum Gasteiger partial charge on any atom is -0.465 e. The van der Waals surface area contributed by atoms with E-state index in [4.69, 9.17) is 16.3 Å². The maximum Gasteiger partial charge on any atom is 0.349 e. The molecule has 0 saturated heterocycles. The monoisotopic (exact) mass is 597 g/mol. The van der Waals surface area contributed by atoms with Crippen LogP contribution in [0.5, 0.6) is 0 Å². The molecule has 4 aromatic rings. The Morgan fingerprint density at radius 3 is 2.83 bits per heavy atom. The van der Waals surface area contributed by atoms with E-state index in [-0.39, 0.29) is 16.3 Å². The van der Waals surface area contributed by atoms with Crippen LogP contribution in [0.1, 0.15) is 16.1 Å². The SMILES string of the molecule is COC(=O)c1sccc1S(=O)(=O)N(C)CCCNc1cc(-c2ccccc2Cl)nc2c(Br)cnn12. The first-order valence-corrected chi connectivity index (χ1v) is 13.9. The number of anilines is 1. The van der Waals surface area contributed by atoms with Gasteiger partial charge in [0.15, 0.2) is 5.65 Å². The van der Waals surface area contributed by atoms with Crippen molar-refractivity contribution in [3.05, 3.63) is 62.3 Å². The third-order valence-electron chi connectivity index (χ3n) is 5.22. The molecule has 0 amide bonds. The van der Waals surface area contributed by atoms with Gasteiger partial charge >= 0.3 is 5.97 Å². The van der Waals surface area contributed by atoms with E-state index in [1.807, 2.05) is 24.3 Å². The van der Waals surface area contributed by atoms with Crippen LogP contribution in [0.3, 0.4) is 0 Å². The molecule has 3 aromatic heterocycles. The first-order chi connectivity index (χ1) is 16.7. The molecule has 0 saturated carbocycles. The van der Waals surface area contributed by atoms with Crippen LogP contribution in [0.25, 0.3) is 16.9 Å². The number of sulfonamides is 1. The summed E-state index contributed by atoms with van der Waals surface area (Å²) in [4.78, 5) is 16.6. The number of carbonyl (C=O) groups excluding carboxylic acids is 1. The van der Waals surface area contributed by atoms with Crippen LogP contribution >= 0.6 is 38.9 Å². The molecule has 13 heteroatoms. The van der Waals surface area contributed by atoms with E-state index in [0.717, 1.165) is 21.4 Å². The zero-order valence-electron chi connectivity index (χ0n) is 18.7. The maximum absolute atomic E-state index is 13.0. The first kappa shape index (κ1) is 25.6. The summed E-state index contributed by atoms with van der Waals surface area (Å²) in [6.07, 6.45) is 2.16. The van der Waals surface area contributed by atoms with Crippen molar-refractivity contribution < 1.29 is 17.9 Å². The first-order valence-electron chi connectivity index (χ1n) is 10.4. The quantitative estimate of drug-likeness (QED) is 0.218. The highest BCUT2D eigenvalue weighted by Crippen LogP contribution is 2.30. The van der Waals surface area contributed by atoms with E-state index in [9.17, 15) is 13.2 Å². The third-order valence-corrected chi connectivity index (χ3v) is 9.03. The number of ether oxygens (including phenoxy) is 1. The van der Waals surface area contributed by atoms with Crippen molar-refractivity contribution in [3.63, 3.8) is 0 Å². The fourth-order valence-electron chi connectivity index (χ4n) is 3.42. The summed E-state index contributed by atoms with van der Waals surface area (Å²) < 4.78 is 34.3. The maximum atomic E-state index is 13.0. The van der Waals surface area contributed by atoms with Crippen LogP contribution in [0.2, 0.25) is 5.02 Å². The van der Waals surface area contributed by atoms with Gasteiger partial charge in [-0.05, 0) is 39.9 Å². The van der Waals surface area contributed by atoms with Crippen LogP contribution in [0.15, 0.2) is 57.3 Å². The lowest BCUT2D eigenvalue weighted by molar-refractivity contribution is 0.0602. The molecule has 1 aromatic carbocycles. The summed E-state index contributed by atoms with van der Waals surface area (Å²) >= 11 is 10.9. The van der Waals surface area contributed by atoms with Gasteiger partial charge in [0.05, 0.1) is 23.5 Å². The number of halogens is 2. The van der Waals surface area contributed by atoms with Crippen molar-refractivity contribution in [3.8, 4) is 11.3 Å². The van der Waals surface area contributed by atoms with Crippen LogP contribution in [-0.4, -0.2) is 60.5 Å². The molecule has 0 spiro atoms. The van der Waals surface area contributed by atoms with Crippen LogP contribution in [-0.2, 0) is 14.8 Å². The van der Waals surface area contributed by atoms with Gasteiger partial charge in [-0.3, -0.25) is 0 Å².